The van der Waals surface area contributed by atoms with Crippen molar-refractivity contribution >= 4 is 18.0 Å². The smallest absolute Gasteiger partial charge is 0.0435 e. The number of fused-ring (bicyclic) bond motifs is 2. The summed E-state index contributed by atoms with van der Waals surface area (Å²) in [5, 5.41) is 2.49. The highest BCUT2D eigenvalue weighted by Gasteiger charge is 2.12. The molecule has 1 aliphatic heterocycles. The number of aliphatic imine (C=N–C) groups is 1. The normalized spacial score (nSPS) is 18.8. The van der Waals surface area contributed by atoms with E-state index >= 15 is 0 Å². The van der Waals surface area contributed by atoms with Gasteiger partial charge in [-0.2, -0.15) is 0 Å². The van der Waals surface area contributed by atoms with Crippen molar-refractivity contribution in [2.24, 2.45) is 4.99 Å². The zero-order valence-corrected chi connectivity index (χ0v) is 9.32. The molecule has 1 nitrogen and oxygen atoms in total. The van der Waals surface area contributed by atoms with Gasteiger partial charge in [-0.3, -0.25) is 4.99 Å². The summed E-state index contributed by atoms with van der Waals surface area (Å²) in [5.41, 5.74) is 2.72. The topological polar surface area (TPSA) is 12.4 Å². The molecule has 0 saturated heterocycles. The zero-order valence-electron chi connectivity index (χ0n) is 9.32. The van der Waals surface area contributed by atoms with Gasteiger partial charge in [0.15, 0.2) is 0 Å². The van der Waals surface area contributed by atoms with Gasteiger partial charge < -0.3 is 0 Å². The molecule has 2 aliphatic rings. The molecule has 0 aromatic heterocycles. The minimum Gasteiger partial charge on any atom is -0.260 e. The number of allylic oxidation sites excluding steroid dienone is 2. The summed E-state index contributed by atoms with van der Waals surface area (Å²) in [4.78, 5) is 4.65. The number of rotatable bonds is 0. The fourth-order valence-corrected chi connectivity index (χ4v) is 2.36. The van der Waals surface area contributed by atoms with E-state index in [0.29, 0.717) is 0 Å². The van der Waals surface area contributed by atoms with Crippen LogP contribution in [-0.4, -0.2) is 5.71 Å². The van der Waals surface area contributed by atoms with Crippen LogP contribution >= 0.6 is 0 Å². The van der Waals surface area contributed by atoms with Gasteiger partial charge in [0, 0.05) is 11.9 Å². The van der Waals surface area contributed by atoms with Gasteiger partial charge >= 0.3 is 0 Å². The first-order chi connectivity index (χ1) is 7.93. The van der Waals surface area contributed by atoms with Gasteiger partial charge in [-0.1, -0.05) is 36.4 Å². The van der Waals surface area contributed by atoms with Crippen LogP contribution in [0.5, 0.6) is 0 Å². The Hall–Kier alpha value is -1.63. The van der Waals surface area contributed by atoms with Crippen molar-refractivity contribution in [2.45, 2.75) is 25.7 Å². The van der Waals surface area contributed by atoms with Crippen molar-refractivity contribution in [2.75, 3.05) is 0 Å². The second kappa shape index (κ2) is 4.09. The van der Waals surface area contributed by atoms with Gasteiger partial charge in [0.1, 0.15) is 0 Å². The van der Waals surface area contributed by atoms with Crippen LogP contribution in [0.25, 0.3) is 12.3 Å². The largest absolute Gasteiger partial charge is 0.260 e. The molecule has 0 unspecified atom stereocenters. The Labute approximate surface area is 95.5 Å². The first-order valence-corrected chi connectivity index (χ1v) is 5.97. The fraction of sp³-hybridized carbons (Fsp3) is 0.267. The molecule has 0 atom stereocenters. The predicted molar refractivity (Wildman–Crippen MR) is 68.6 cm³/mol. The van der Waals surface area contributed by atoms with Crippen LogP contribution in [0.15, 0.2) is 40.9 Å². The lowest BCUT2D eigenvalue weighted by Gasteiger charge is -2.16. The van der Waals surface area contributed by atoms with Crippen LogP contribution in [0.4, 0.5) is 0 Å². The summed E-state index contributed by atoms with van der Waals surface area (Å²) >= 11 is 0. The Morgan fingerprint density at radius 2 is 1.69 bits per heavy atom. The van der Waals surface area contributed by atoms with Gasteiger partial charge in [-0.05, 0) is 41.7 Å². The fourth-order valence-electron chi connectivity index (χ4n) is 2.36. The maximum absolute atomic E-state index is 4.65. The van der Waals surface area contributed by atoms with E-state index in [4.69, 9.17) is 0 Å². The molecule has 0 amide bonds. The van der Waals surface area contributed by atoms with Crippen LogP contribution in [0.1, 0.15) is 25.7 Å². The Morgan fingerprint density at radius 3 is 2.62 bits per heavy atom. The lowest BCUT2D eigenvalue weighted by Crippen LogP contribution is -2.24. The molecular formula is C15H15N. The minimum absolute atomic E-state index is 1.14. The number of hydrogen-bond donors (Lipinski definition) is 0. The highest BCUT2D eigenvalue weighted by molar-refractivity contribution is 6.02. The molecule has 0 N–H and O–H groups in total. The van der Waals surface area contributed by atoms with Gasteiger partial charge in [0.05, 0.1) is 0 Å². The van der Waals surface area contributed by atoms with Gasteiger partial charge in [-0.15, -0.1) is 0 Å². The Kier molecular flexibility index (Phi) is 2.45. The van der Waals surface area contributed by atoms with Crippen molar-refractivity contribution < 1.29 is 0 Å². The molecule has 1 heteroatoms. The lowest BCUT2D eigenvalue weighted by atomic mass is 9.92. The highest BCUT2D eigenvalue weighted by Crippen LogP contribution is 2.21. The molecule has 3 rings (SSSR count). The van der Waals surface area contributed by atoms with E-state index in [0.717, 1.165) is 6.42 Å². The van der Waals surface area contributed by atoms with E-state index in [1.165, 1.54) is 41.0 Å². The summed E-state index contributed by atoms with van der Waals surface area (Å²) in [7, 11) is 0. The third-order valence-corrected chi connectivity index (χ3v) is 3.30. The van der Waals surface area contributed by atoms with E-state index in [1.54, 1.807) is 0 Å². The Balaban J connectivity index is 2.21. The highest BCUT2D eigenvalue weighted by atomic mass is 14.7. The summed E-state index contributed by atoms with van der Waals surface area (Å²) < 4.78 is 0. The molecule has 80 valence electrons. The van der Waals surface area contributed by atoms with E-state index < -0.39 is 0 Å². The minimum atomic E-state index is 1.14. The van der Waals surface area contributed by atoms with Gasteiger partial charge in [-0.25, -0.2) is 0 Å². The van der Waals surface area contributed by atoms with Crippen LogP contribution in [0, 0.1) is 0 Å². The van der Waals surface area contributed by atoms with Crippen LogP contribution in [-0.2, 0) is 0 Å². The standard InChI is InChI=1S/C15H15N/c1-2-7-14-11-16-15-8-4-3-6-13(15)10-9-12(14)5-1/h1-2,5,7,9-11H,3-4,6,8H2. The van der Waals surface area contributed by atoms with E-state index in [2.05, 4.69) is 41.4 Å². The summed E-state index contributed by atoms with van der Waals surface area (Å²) in [6, 6.07) is 8.41. The van der Waals surface area contributed by atoms with Crippen LogP contribution in [0.2, 0.25) is 0 Å². The van der Waals surface area contributed by atoms with Crippen molar-refractivity contribution in [3.63, 3.8) is 0 Å². The van der Waals surface area contributed by atoms with E-state index in [1.807, 2.05) is 6.20 Å². The van der Waals surface area contributed by atoms with Crippen molar-refractivity contribution in [3.8, 4) is 0 Å². The molecule has 1 fully saturated rings. The monoisotopic (exact) mass is 209 g/mol. The molecule has 1 heterocycles. The third-order valence-electron chi connectivity index (χ3n) is 3.30. The average Bonchev–Trinajstić information content (AvgIpc) is 2.32. The Morgan fingerprint density at radius 1 is 0.875 bits per heavy atom. The molecule has 0 radical (unpaired) electrons. The molecular weight excluding hydrogens is 194 g/mol. The summed E-state index contributed by atoms with van der Waals surface area (Å²) in [6.45, 7) is 0. The third kappa shape index (κ3) is 1.73. The van der Waals surface area contributed by atoms with E-state index in [9.17, 15) is 0 Å². The molecule has 0 spiro atoms. The summed E-state index contributed by atoms with van der Waals surface area (Å²) in [5.74, 6) is 0. The molecule has 1 aromatic carbocycles. The first-order valence-electron chi connectivity index (χ1n) is 5.97. The molecule has 0 bridgehead atoms. The van der Waals surface area contributed by atoms with Crippen LogP contribution in [0.3, 0.4) is 0 Å². The molecule has 1 aromatic rings. The Bertz CT molecular complexity index is 523. The SMILES string of the molecule is C1=C2CCCCC2=NC=c2ccccc2=C1. The summed E-state index contributed by atoms with van der Waals surface area (Å²) in [6.07, 6.45) is 11.4. The van der Waals surface area contributed by atoms with Crippen molar-refractivity contribution in [1.82, 2.24) is 0 Å². The van der Waals surface area contributed by atoms with Crippen molar-refractivity contribution in [1.29, 1.82) is 0 Å². The molecule has 1 aliphatic carbocycles. The maximum atomic E-state index is 4.65. The zero-order chi connectivity index (χ0) is 10.8. The number of benzene rings is 1. The molecule has 16 heavy (non-hydrogen) atoms. The lowest BCUT2D eigenvalue weighted by molar-refractivity contribution is 0.734. The second-order valence-electron chi connectivity index (χ2n) is 4.40. The van der Waals surface area contributed by atoms with Gasteiger partial charge in [0.25, 0.3) is 0 Å². The number of nitrogens with zero attached hydrogens (tertiary/aromatic N) is 1. The quantitative estimate of drug-likeness (QED) is 0.621. The predicted octanol–water partition coefficient (Wildman–Crippen LogP) is 2.16. The first kappa shape index (κ1) is 9.59. The average molecular weight is 209 g/mol. The number of hydrogen-bond acceptors (Lipinski definition) is 1. The van der Waals surface area contributed by atoms with Crippen molar-refractivity contribution in [3.05, 3.63) is 46.4 Å². The second-order valence-corrected chi connectivity index (χ2v) is 4.40. The van der Waals surface area contributed by atoms with Gasteiger partial charge in [0.2, 0.25) is 0 Å². The maximum Gasteiger partial charge on any atom is 0.0435 e. The molecule has 1 saturated carbocycles. The van der Waals surface area contributed by atoms with Crippen LogP contribution < -0.4 is 10.4 Å². The van der Waals surface area contributed by atoms with E-state index in [-0.39, 0.29) is 0 Å².